The van der Waals surface area contributed by atoms with Crippen LogP contribution < -0.4 is 9.47 Å². The first-order valence-corrected chi connectivity index (χ1v) is 9.70. The largest absolute Gasteiger partial charge is 0.475 e. The molecule has 2 rings (SSSR count). The third-order valence-electron chi connectivity index (χ3n) is 4.81. The highest BCUT2D eigenvalue weighted by Crippen LogP contribution is 2.24. The Hall–Kier alpha value is -1.30. The predicted molar refractivity (Wildman–Crippen MR) is 101 cm³/mol. The van der Waals surface area contributed by atoms with Crippen LogP contribution >= 0.6 is 0 Å². The lowest BCUT2D eigenvalue weighted by Gasteiger charge is -2.32. The number of ether oxygens (including phenoxy) is 3. The Morgan fingerprint density at radius 2 is 1.24 bits per heavy atom. The lowest BCUT2D eigenvalue weighted by molar-refractivity contribution is -0.0229. The van der Waals surface area contributed by atoms with Crippen molar-refractivity contribution < 1.29 is 14.2 Å². The molecule has 2 bridgehead atoms. The molecule has 2 unspecified atom stereocenters. The van der Waals surface area contributed by atoms with Gasteiger partial charge in [0.25, 0.3) is 0 Å². The smallest absolute Gasteiger partial charge is 0.154 e. The van der Waals surface area contributed by atoms with E-state index in [0.29, 0.717) is 13.2 Å². The maximum Gasteiger partial charge on any atom is 0.154 e. The molecule has 1 aromatic rings. The van der Waals surface area contributed by atoms with Gasteiger partial charge in [-0.3, -0.25) is 9.80 Å². The maximum atomic E-state index is 6.27. The van der Waals surface area contributed by atoms with Crippen molar-refractivity contribution in [2.24, 2.45) is 0 Å². The van der Waals surface area contributed by atoms with Gasteiger partial charge >= 0.3 is 0 Å². The minimum atomic E-state index is 0.0308. The first kappa shape index (κ1) is 20.0. The van der Waals surface area contributed by atoms with E-state index < -0.39 is 0 Å². The summed E-state index contributed by atoms with van der Waals surface area (Å²) in [6, 6.07) is 8.02. The summed E-state index contributed by atoms with van der Waals surface area (Å²) < 4.78 is 18.4. The molecule has 0 aliphatic carbocycles. The lowest BCUT2D eigenvalue weighted by atomic mass is 10.2. The summed E-state index contributed by atoms with van der Waals surface area (Å²) in [6.07, 6.45) is 1.79. The molecule has 2 atom stereocenters. The van der Waals surface area contributed by atoms with Gasteiger partial charge in [-0.25, -0.2) is 0 Å². The molecule has 25 heavy (non-hydrogen) atoms. The average molecular weight is 351 g/mol. The molecule has 1 heterocycles. The van der Waals surface area contributed by atoms with E-state index in [2.05, 4.69) is 37.5 Å². The van der Waals surface area contributed by atoms with Crippen molar-refractivity contribution in [3.05, 3.63) is 24.3 Å². The van der Waals surface area contributed by atoms with Crippen LogP contribution in [-0.4, -0.2) is 61.6 Å². The molecule has 0 N–H and O–H groups in total. The van der Waals surface area contributed by atoms with Crippen LogP contribution in [0.4, 0.5) is 0 Å². The Labute approximate surface area is 152 Å². The summed E-state index contributed by atoms with van der Waals surface area (Å²) in [7, 11) is 0. The van der Waals surface area contributed by atoms with E-state index >= 15 is 0 Å². The van der Waals surface area contributed by atoms with Crippen LogP contribution in [-0.2, 0) is 4.74 Å². The normalized spacial score (nSPS) is 22.0. The molecular formula is C20H34N2O3. The number of benzene rings is 1. The maximum absolute atomic E-state index is 6.27. The van der Waals surface area contributed by atoms with E-state index in [1.807, 2.05) is 24.3 Å². The second-order valence-corrected chi connectivity index (χ2v) is 6.25. The fraction of sp³-hybridized carbons (Fsp3) is 0.700. The zero-order chi connectivity index (χ0) is 18.1. The standard InChI is InChI=1S/C20H34N2O3/c1-5-21(6-2)19-12-14-23-15-13-20(22(7-3)8-4)25-18-11-9-10-17(16-18)24-19/h9-11,16,19-20H,5-8,12-15H2,1-4H3. The molecule has 0 fully saturated rings. The highest BCUT2D eigenvalue weighted by Gasteiger charge is 2.21. The van der Waals surface area contributed by atoms with Crippen molar-refractivity contribution in [3.8, 4) is 11.5 Å². The number of nitrogens with zero attached hydrogens (tertiary/aromatic N) is 2. The van der Waals surface area contributed by atoms with E-state index in [1.165, 1.54) is 0 Å². The molecule has 142 valence electrons. The van der Waals surface area contributed by atoms with Crippen LogP contribution in [0.15, 0.2) is 24.3 Å². The Balaban J connectivity index is 2.20. The molecule has 0 saturated carbocycles. The topological polar surface area (TPSA) is 34.2 Å². The molecule has 0 spiro atoms. The SMILES string of the molecule is CCN(CC)C1CCOCCC(N(CC)CC)Oc2cccc(c2)O1. The zero-order valence-corrected chi connectivity index (χ0v) is 16.2. The molecular weight excluding hydrogens is 316 g/mol. The van der Waals surface area contributed by atoms with Crippen LogP contribution in [0.25, 0.3) is 0 Å². The first-order valence-electron chi connectivity index (χ1n) is 9.70. The van der Waals surface area contributed by atoms with E-state index in [1.54, 1.807) is 0 Å². The molecule has 0 saturated heterocycles. The summed E-state index contributed by atoms with van der Waals surface area (Å²) in [6.45, 7) is 13.9. The molecule has 5 heteroatoms. The van der Waals surface area contributed by atoms with Crippen molar-refractivity contribution in [1.82, 2.24) is 9.80 Å². The molecule has 1 aliphatic rings. The van der Waals surface area contributed by atoms with Gasteiger partial charge in [0.15, 0.2) is 12.5 Å². The van der Waals surface area contributed by atoms with Gasteiger partial charge in [-0.15, -0.1) is 0 Å². The third-order valence-corrected chi connectivity index (χ3v) is 4.81. The Morgan fingerprint density at radius 3 is 1.64 bits per heavy atom. The third kappa shape index (κ3) is 5.87. The molecule has 0 radical (unpaired) electrons. The minimum absolute atomic E-state index is 0.0308. The van der Waals surface area contributed by atoms with E-state index in [9.17, 15) is 0 Å². The molecule has 5 nitrogen and oxygen atoms in total. The number of hydrogen-bond donors (Lipinski definition) is 0. The monoisotopic (exact) mass is 350 g/mol. The quantitative estimate of drug-likeness (QED) is 0.783. The van der Waals surface area contributed by atoms with Crippen LogP contribution in [0.3, 0.4) is 0 Å². The second-order valence-electron chi connectivity index (χ2n) is 6.25. The van der Waals surface area contributed by atoms with Gasteiger partial charge in [0, 0.05) is 18.9 Å². The van der Waals surface area contributed by atoms with Gasteiger partial charge in [0.2, 0.25) is 0 Å². The molecule has 1 aliphatic heterocycles. The number of fused-ring (bicyclic) bond motifs is 2. The summed E-state index contributed by atoms with van der Waals surface area (Å²) >= 11 is 0. The van der Waals surface area contributed by atoms with Gasteiger partial charge in [-0.1, -0.05) is 33.8 Å². The van der Waals surface area contributed by atoms with E-state index in [4.69, 9.17) is 14.2 Å². The summed E-state index contributed by atoms with van der Waals surface area (Å²) in [5.41, 5.74) is 0. The van der Waals surface area contributed by atoms with Crippen LogP contribution in [0, 0.1) is 0 Å². The van der Waals surface area contributed by atoms with Gasteiger partial charge < -0.3 is 14.2 Å². The van der Waals surface area contributed by atoms with Crippen LogP contribution in [0.5, 0.6) is 11.5 Å². The Morgan fingerprint density at radius 1 is 0.800 bits per heavy atom. The van der Waals surface area contributed by atoms with Crippen molar-refractivity contribution in [3.63, 3.8) is 0 Å². The molecule has 0 aromatic heterocycles. The summed E-state index contributed by atoms with van der Waals surface area (Å²) in [5.74, 6) is 1.71. The predicted octanol–water partition coefficient (Wildman–Crippen LogP) is 3.59. The van der Waals surface area contributed by atoms with E-state index in [0.717, 1.165) is 50.5 Å². The highest BCUT2D eigenvalue weighted by molar-refractivity contribution is 5.33. The fourth-order valence-electron chi connectivity index (χ4n) is 3.30. The number of rotatable bonds is 6. The lowest BCUT2D eigenvalue weighted by Crippen LogP contribution is -2.41. The Kier molecular flexibility index (Phi) is 8.52. The van der Waals surface area contributed by atoms with Crippen molar-refractivity contribution in [2.75, 3.05) is 39.4 Å². The van der Waals surface area contributed by atoms with Crippen molar-refractivity contribution in [1.29, 1.82) is 0 Å². The van der Waals surface area contributed by atoms with Gasteiger partial charge in [0.1, 0.15) is 11.5 Å². The second kappa shape index (κ2) is 10.6. The Bertz CT molecular complexity index is 450. The molecule has 0 amide bonds. The van der Waals surface area contributed by atoms with Crippen LogP contribution in [0.2, 0.25) is 0 Å². The fourth-order valence-corrected chi connectivity index (χ4v) is 3.30. The summed E-state index contributed by atoms with van der Waals surface area (Å²) in [4.78, 5) is 4.64. The average Bonchev–Trinajstić information content (AvgIpc) is 2.62. The summed E-state index contributed by atoms with van der Waals surface area (Å²) in [5, 5.41) is 0. The molecule has 1 aromatic carbocycles. The van der Waals surface area contributed by atoms with Crippen molar-refractivity contribution in [2.45, 2.75) is 53.0 Å². The minimum Gasteiger partial charge on any atom is -0.475 e. The van der Waals surface area contributed by atoms with Crippen LogP contribution in [0.1, 0.15) is 40.5 Å². The first-order chi connectivity index (χ1) is 12.2. The highest BCUT2D eigenvalue weighted by atomic mass is 16.5. The zero-order valence-electron chi connectivity index (χ0n) is 16.2. The van der Waals surface area contributed by atoms with Gasteiger partial charge in [-0.05, 0) is 38.3 Å². The van der Waals surface area contributed by atoms with Crippen molar-refractivity contribution >= 4 is 0 Å². The van der Waals surface area contributed by atoms with Gasteiger partial charge in [-0.2, -0.15) is 0 Å². The van der Waals surface area contributed by atoms with Gasteiger partial charge in [0.05, 0.1) is 13.2 Å². The van der Waals surface area contributed by atoms with E-state index in [-0.39, 0.29) is 12.5 Å². The number of hydrogen-bond acceptors (Lipinski definition) is 5.